The number of phenolic OH excluding ortho intramolecular Hbond substituents is 1. The molecular formula is C21H16O5. The standard InChI is InChI=1S/C21H16O5/c1-11-2-5-15-14(8-11)20(24)26-21(15)16-6-3-12(22)9-18(16)25-19-10-13(23)4-7-17(19)21/h2-10,16,18,22-23H,1H3. The molecule has 5 heteroatoms. The number of fused-ring (bicyclic) bond motifs is 6. The van der Waals surface area contributed by atoms with E-state index in [1.165, 1.54) is 6.07 Å². The monoisotopic (exact) mass is 348 g/mol. The van der Waals surface area contributed by atoms with Crippen molar-refractivity contribution in [1.29, 1.82) is 0 Å². The molecule has 5 rings (SSSR count). The fourth-order valence-corrected chi connectivity index (χ4v) is 4.21. The van der Waals surface area contributed by atoms with Gasteiger partial charge in [-0.15, -0.1) is 0 Å². The molecule has 130 valence electrons. The van der Waals surface area contributed by atoms with Crippen molar-refractivity contribution >= 4 is 5.97 Å². The predicted molar refractivity (Wildman–Crippen MR) is 93.2 cm³/mol. The number of aliphatic hydroxyl groups excluding tert-OH is 1. The van der Waals surface area contributed by atoms with Crippen LogP contribution in [0.3, 0.4) is 0 Å². The maximum atomic E-state index is 12.7. The first-order valence-electron chi connectivity index (χ1n) is 8.42. The molecule has 2 N–H and O–H groups in total. The van der Waals surface area contributed by atoms with E-state index in [9.17, 15) is 15.0 Å². The highest BCUT2D eigenvalue weighted by molar-refractivity contribution is 5.96. The zero-order valence-corrected chi connectivity index (χ0v) is 14.0. The molecule has 0 saturated heterocycles. The Morgan fingerprint density at radius 3 is 2.73 bits per heavy atom. The van der Waals surface area contributed by atoms with E-state index in [4.69, 9.17) is 9.47 Å². The number of esters is 1. The number of ether oxygens (including phenoxy) is 2. The van der Waals surface area contributed by atoms with E-state index in [0.717, 1.165) is 11.1 Å². The molecule has 3 aliphatic rings. The molecule has 0 fully saturated rings. The number of carbonyl (C=O) groups is 1. The van der Waals surface area contributed by atoms with Crippen LogP contribution in [0.15, 0.2) is 60.4 Å². The molecule has 3 atom stereocenters. The van der Waals surface area contributed by atoms with Gasteiger partial charge in [0.15, 0.2) is 5.60 Å². The van der Waals surface area contributed by atoms with Gasteiger partial charge in [-0.3, -0.25) is 0 Å². The first-order chi connectivity index (χ1) is 12.5. The Morgan fingerprint density at radius 1 is 1.08 bits per heavy atom. The Labute approximate surface area is 149 Å². The number of hydrogen-bond donors (Lipinski definition) is 2. The molecule has 0 amide bonds. The highest BCUT2D eigenvalue weighted by Crippen LogP contribution is 2.56. The van der Waals surface area contributed by atoms with Crippen LogP contribution in [0.25, 0.3) is 0 Å². The van der Waals surface area contributed by atoms with E-state index < -0.39 is 11.7 Å². The summed E-state index contributed by atoms with van der Waals surface area (Å²) < 4.78 is 12.0. The molecule has 2 aromatic carbocycles. The second-order valence-corrected chi connectivity index (χ2v) is 6.91. The zero-order valence-electron chi connectivity index (χ0n) is 14.0. The zero-order chi connectivity index (χ0) is 18.1. The van der Waals surface area contributed by atoms with Crippen molar-refractivity contribution in [2.45, 2.75) is 18.6 Å². The Bertz CT molecular complexity index is 1020. The second kappa shape index (κ2) is 4.91. The largest absolute Gasteiger partial charge is 0.508 e. The van der Waals surface area contributed by atoms with E-state index in [1.54, 1.807) is 24.3 Å². The van der Waals surface area contributed by atoms with Crippen LogP contribution in [-0.4, -0.2) is 22.3 Å². The number of aromatic hydroxyl groups is 1. The number of hydrogen-bond acceptors (Lipinski definition) is 5. The van der Waals surface area contributed by atoms with Crippen molar-refractivity contribution in [2.75, 3.05) is 0 Å². The second-order valence-electron chi connectivity index (χ2n) is 6.91. The van der Waals surface area contributed by atoms with E-state index in [1.807, 2.05) is 31.2 Å². The summed E-state index contributed by atoms with van der Waals surface area (Å²) in [6.45, 7) is 1.93. The highest BCUT2D eigenvalue weighted by Gasteiger charge is 2.58. The smallest absolute Gasteiger partial charge is 0.339 e. The molecule has 0 bridgehead atoms. The number of phenols is 1. The van der Waals surface area contributed by atoms with E-state index in [0.29, 0.717) is 16.9 Å². The minimum absolute atomic E-state index is 0.0605. The topological polar surface area (TPSA) is 76.0 Å². The van der Waals surface area contributed by atoms with Crippen molar-refractivity contribution in [3.05, 3.63) is 82.6 Å². The molecular weight excluding hydrogens is 332 g/mol. The Morgan fingerprint density at radius 2 is 1.88 bits per heavy atom. The van der Waals surface area contributed by atoms with Gasteiger partial charge in [0.25, 0.3) is 0 Å². The van der Waals surface area contributed by atoms with Crippen LogP contribution in [-0.2, 0) is 10.3 Å². The lowest BCUT2D eigenvalue weighted by Crippen LogP contribution is -2.48. The summed E-state index contributed by atoms with van der Waals surface area (Å²) in [4.78, 5) is 12.7. The van der Waals surface area contributed by atoms with Gasteiger partial charge in [0.05, 0.1) is 11.5 Å². The number of aryl methyl sites for hydroxylation is 1. The molecule has 1 spiro atoms. The Hall–Kier alpha value is -3.21. The fourth-order valence-electron chi connectivity index (χ4n) is 4.21. The minimum atomic E-state index is -1.06. The minimum Gasteiger partial charge on any atom is -0.508 e. The lowest BCUT2D eigenvalue weighted by atomic mass is 9.70. The van der Waals surface area contributed by atoms with Gasteiger partial charge in [0.2, 0.25) is 0 Å². The number of carbonyl (C=O) groups excluding carboxylic acids is 1. The number of allylic oxidation sites excluding steroid dienone is 1. The molecule has 2 heterocycles. The van der Waals surface area contributed by atoms with Crippen molar-refractivity contribution in [3.8, 4) is 11.5 Å². The maximum absolute atomic E-state index is 12.7. The molecule has 2 aromatic rings. The predicted octanol–water partition coefficient (Wildman–Crippen LogP) is 3.50. The number of rotatable bonds is 0. The Balaban J connectivity index is 1.83. The summed E-state index contributed by atoms with van der Waals surface area (Å²) >= 11 is 0. The SMILES string of the molecule is Cc1ccc2c(c1)C(=O)OC21c2ccc(O)cc2OC2C=C(O)C=CC21. The molecule has 5 nitrogen and oxygen atoms in total. The summed E-state index contributed by atoms with van der Waals surface area (Å²) in [5.74, 6) is -0.116. The molecule has 1 aliphatic carbocycles. The third-order valence-corrected chi connectivity index (χ3v) is 5.31. The lowest BCUT2D eigenvalue weighted by molar-refractivity contribution is -0.0424. The van der Waals surface area contributed by atoms with Crippen LogP contribution in [0.4, 0.5) is 0 Å². The van der Waals surface area contributed by atoms with E-state index in [-0.39, 0.29) is 23.4 Å². The molecule has 3 unspecified atom stereocenters. The lowest BCUT2D eigenvalue weighted by Gasteiger charge is -2.44. The molecule has 2 aliphatic heterocycles. The quantitative estimate of drug-likeness (QED) is 0.713. The third kappa shape index (κ3) is 1.83. The van der Waals surface area contributed by atoms with Gasteiger partial charge in [0, 0.05) is 17.2 Å². The Kier molecular flexibility index (Phi) is 2.85. The van der Waals surface area contributed by atoms with Crippen LogP contribution in [0.2, 0.25) is 0 Å². The van der Waals surface area contributed by atoms with E-state index in [2.05, 4.69) is 0 Å². The average molecular weight is 348 g/mol. The molecule has 26 heavy (non-hydrogen) atoms. The van der Waals surface area contributed by atoms with Crippen LogP contribution in [0, 0.1) is 12.8 Å². The van der Waals surface area contributed by atoms with Gasteiger partial charge < -0.3 is 19.7 Å². The highest BCUT2D eigenvalue weighted by atomic mass is 16.6. The first-order valence-corrected chi connectivity index (χ1v) is 8.42. The van der Waals surface area contributed by atoms with Gasteiger partial charge in [-0.25, -0.2) is 4.79 Å². The molecule has 0 radical (unpaired) electrons. The summed E-state index contributed by atoms with van der Waals surface area (Å²) in [6, 6.07) is 10.5. The summed E-state index contributed by atoms with van der Waals surface area (Å²) in [5.41, 5.74) is 1.92. The van der Waals surface area contributed by atoms with Gasteiger partial charge in [-0.05, 0) is 37.3 Å². The van der Waals surface area contributed by atoms with Crippen molar-refractivity contribution in [3.63, 3.8) is 0 Å². The van der Waals surface area contributed by atoms with Crippen molar-refractivity contribution in [1.82, 2.24) is 0 Å². The molecule has 0 aromatic heterocycles. The van der Waals surface area contributed by atoms with Crippen LogP contribution in [0.1, 0.15) is 27.0 Å². The number of aliphatic hydroxyl groups is 1. The van der Waals surface area contributed by atoms with Gasteiger partial charge in [-0.2, -0.15) is 0 Å². The fraction of sp³-hybridized carbons (Fsp3) is 0.190. The normalized spacial score (nSPS) is 27.9. The van der Waals surface area contributed by atoms with Crippen LogP contribution < -0.4 is 4.74 Å². The summed E-state index contributed by atoms with van der Waals surface area (Å²) in [7, 11) is 0. The first kappa shape index (κ1) is 15.1. The maximum Gasteiger partial charge on any atom is 0.339 e. The van der Waals surface area contributed by atoms with Gasteiger partial charge >= 0.3 is 5.97 Å². The summed E-state index contributed by atoms with van der Waals surface area (Å²) in [6.07, 6.45) is 4.49. The molecule has 0 saturated carbocycles. The third-order valence-electron chi connectivity index (χ3n) is 5.31. The van der Waals surface area contributed by atoms with Crippen LogP contribution in [0.5, 0.6) is 11.5 Å². The van der Waals surface area contributed by atoms with Crippen molar-refractivity contribution in [2.24, 2.45) is 5.92 Å². The number of benzene rings is 2. The average Bonchev–Trinajstić information content (AvgIpc) is 2.87. The summed E-state index contributed by atoms with van der Waals surface area (Å²) in [5, 5.41) is 19.8. The van der Waals surface area contributed by atoms with Crippen LogP contribution >= 0.6 is 0 Å². The van der Waals surface area contributed by atoms with E-state index >= 15 is 0 Å². The van der Waals surface area contributed by atoms with Gasteiger partial charge in [0.1, 0.15) is 23.4 Å². The van der Waals surface area contributed by atoms with Crippen molar-refractivity contribution < 1.29 is 24.5 Å². The van der Waals surface area contributed by atoms with Gasteiger partial charge in [-0.1, -0.05) is 23.8 Å².